The van der Waals surface area contributed by atoms with E-state index in [4.69, 9.17) is 15.6 Å². The van der Waals surface area contributed by atoms with Gasteiger partial charge in [0.1, 0.15) is 6.04 Å². The highest BCUT2D eigenvalue weighted by Gasteiger charge is 2.21. The van der Waals surface area contributed by atoms with E-state index in [0.717, 1.165) is 12.8 Å². The molecule has 3 amide bonds. The SMILES string of the molecule is COCCCCNC(=O)N[C@H](CC(N)=O)C(=O)O. The van der Waals surface area contributed by atoms with Crippen LogP contribution in [0, 0.1) is 0 Å². The lowest BCUT2D eigenvalue weighted by molar-refractivity contribution is -0.140. The number of carbonyl (C=O) groups is 3. The van der Waals surface area contributed by atoms with Gasteiger partial charge in [-0.2, -0.15) is 0 Å². The first-order valence-electron chi connectivity index (χ1n) is 5.51. The number of carboxylic acids is 1. The van der Waals surface area contributed by atoms with E-state index >= 15 is 0 Å². The summed E-state index contributed by atoms with van der Waals surface area (Å²) < 4.78 is 4.83. The molecule has 0 saturated carbocycles. The number of urea groups is 1. The Kier molecular flexibility index (Phi) is 8.29. The molecule has 0 rings (SSSR count). The molecule has 0 aromatic carbocycles. The van der Waals surface area contributed by atoms with E-state index in [1.165, 1.54) is 0 Å². The predicted molar refractivity (Wildman–Crippen MR) is 62.9 cm³/mol. The summed E-state index contributed by atoms with van der Waals surface area (Å²) in [7, 11) is 1.58. The molecule has 1 atom stereocenters. The lowest BCUT2D eigenvalue weighted by Gasteiger charge is -2.13. The first kappa shape index (κ1) is 16.2. The summed E-state index contributed by atoms with van der Waals surface area (Å²) in [6, 6.07) is -1.94. The van der Waals surface area contributed by atoms with Gasteiger partial charge in [-0.1, -0.05) is 0 Å². The zero-order chi connectivity index (χ0) is 14.0. The molecule has 0 fully saturated rings. The Labute approximate surface area is 105 Å². The molecule has 0 heterocycles. The van der Waals surface area contributed by atoms with E-state index in [0.29, 0.717) is 13.2 Å². The summed E-state index contributed by atoms with van der Waals surface area (Å²) in [6.45, 7) is 1.00. The van der Waals surface area contributed by atoms with Crippen molar-refractivity contribution in [1.82, 2.24) is 10.6 Å². The average molecular weight is 261 g/mol. The van der Waals surface area contributed by atoms with Crippen molar-refractivity contribution in [3.05, 3.63) is 0 Å². The molecule has 0 aliphatic carbocycles. The molecule has 8 nitrogen and oxygen atoms in total. The number of unbranched alkanes of at least 4 members (excludes halogenated alkanes) is 1. The number of rotatable bonds is 9. The van der Waals surface area contributed by atoms with Crippen molar-refractivity contribution in [2.45, 2.75) is 25.3 Å². The Hall–Kier alpha value is -1.83. The molecule has 0 aromatic rings. The lowest BCUT2D eigenvalue weighted by Crippen LogP contribution is -2.47. The summed E-state index contributed by atoms with van der Waals surface area (Å²) in [4.78, 5) is 32.6. The number of nitrogens with one attached hydrogen (secondary N) is 2. The number of hydrogen-bond acceptors (Lipinski definition) is 4. The Morgan fingerprint density at radius 3 is 2.50 bits per heavy atom. The normalized spacial score (nSPS) is 11.6. The number of aliphatic carboxylic acids is 1. The third kappa shape index (κ3) is 8.34. The van der Waals surface area contributed by atoms with Crippen molar-refractivity contribution < 1.29 is 24.2 Å². The second-order valence-electron chi connectivity index (χ2n) is 3.66. The van der Waals surface area contributed by atoms with Crippen LogP contribution >= 0.6 is 0 Å². The van der Waals surface area contributed by atoms with Crippen LogP contribution in [-0.4, -0.2) is 49.3 Å². The number of carboxylic acid groups (broad SMARTS) is 1. The van der Waals surface area contributed by atoms with Gasteiger partial charge in [0.25, 0.3) is 0 Å². The second kappa shape index (κ2) is 9.23. The minimum absolute atomic E-state index is 0.401. The maximum Gasteiger partial charge on any atom is 0.326 e. The molecular formula is C10H19N3O5. The molecule has 104 valence electrons. The summed E-state index contributed by atoms with van der Waals surface area (Å²) in [6.07, 6.45) is 1.07. The van der Waals surface area contributed by atoms with Crippen LogP contribution in [0.4, 0.5) is 4.79 Å². The maximum absolute atomic E-state index is 11.3. The van der Waals surface area contributed by atoms with Gasteiger partial charge in [-0.3, -0.25) is 4.79 Å². The first-order valence-corrected chi connectivity index (χ1v) is 5.51. The number of carbonyl (C=O) groups excluding carboxylic acids is 2. The number of amides is 3. The number of primary amides is 1. The van der Waals surface area contributed by atoms with Gasteiger partial charge in [0.2, 0.25) is 5.91 Å². The van der Waals surface area contributed by atoms with Crippen molar-refractivity contribution in [2.24, 2.45) is 5.73 Å². The van der Waals surface area contributed by atoms with Gasteiger partial charge in [-0.25, -0.2) is 9.59 Å². The second-order valence-corrected chi connectivity index (χ2v) is 3.66. The van der Waals surface area contributed by atoms with Crippen LogP contribution < -0.4 is 16.4 Å². The third-order valence-corrected chi connectivity index (χ3v) is 2.07. The van der Waals surface area contributed by atoms with Gasteiger partial charge < -0.3 is 26.2 Å². The molecule has 0 spiro atoms. The first-order chi connectivity index (χ1) is 8.47. The van der Waals surface area contributed by atoms with Crippen LogP contribution in [-0.2, 0) is 14.3 Å². The van der Waals surface area contributed by atoms with Gasteiger partial charge in [0.05, 0.1) is 6.42 Å². The summed E-state index contributed by atoms with van der Waals surface area (Å²) >= 11 is 0. The molecular weight excluding hydrogens is 242 g/mol. The Balaban J connectivity index is 3.88. The molecule has 0 unspecified atom stereocenters. The van der Waals surface area contributed by atoms with Crippen LogP contribution in [0.25, 0.3) is 0 Å². The Morgan fingerprint density at radius 1 is 1.33 bits per heavy atom. The Bertz CT molecular complexity index is 295. The van der Waals surface area contributed by atoms with Crippen LogP contribution in [0.15, 0.2) is 0 Å². The van der Waals surface area contributed by atoms with Crippen LogP contribution in [0.5, 0.6) is 0 Å². The largest absolute Gasteiger partial charge is 0.480 e. The highest BCUT2D eigenvalue weighted by Crippen LogP contribution is 1.92. The minimum Gasteiger partial charge on any atom is -0.480 e. The van der Waals surface area contributed by atoms with E-state index in [1.807, 2.05) is 0 Å². The van der Waals surface area contributed by atoms with E-state index in [1.54, 1.807) is 7.11 Å². The van der Waals surface area contributed by atoms with Gasteiger partial charge in [-0.15, -0.1) is 0 Å². The molecule has 0 aliphatic heterocycles. The number of nitrogens with two attached hydrogens (primary N) is 1. The molecule has 0 bridgehead atoms. The number of ether oxygens (including phenoxy) is 1. The predicted octanol–water partition coefficient (Wildman–Crippen LogP) is -0.959. The van der Waals surface area contributed by atoms with Gasteiger partial charge in [0.15, 0.2) is 0 Å². The van der Waals surface area contributed by atoms with Gasteiger partial charge >= 0.3 is 12.0 Å². The monoisotopic (exact) mass is 261 g/mol. The molecule has 0 saturated heterocycles. The highest BCUT2D eigenvalue weighted by atomic mass is 16.5. The summed E-state index contributed by atoms with van der Waals surface area (Å²) in [5.74, 6) is -2.09. The van der Waals surface area contributed by atoms with Crippen LogP contribution in [0.3, 0.4) is 0 Å². The molecule has 0 aromatic heterocycles. The Morgan fingerprint density at radius 2 is 2.00 bits per heavy atom. The molecule has 8 heteroatoms. The topological polar surface area (TPSA) is 131 Å². The fourth-order valence-corrected chi connectivity index (χ4v) is 1.18. The lowest BCUT2D eigenvalue weighted by atomic mass is 10.2. The van der Waals surface area contributed by atoms with Crippen LogP contribution in [0.2, 0.25) is 0 Å². The summed E-state index contributed by atoms with van der Waals surface area (Å²) in [5, 5.41) is 13.4. The fraction of sp³-hybridized carbons (Fsp3) is 0.700. The standard InChI is InChI=1S/C10H19N3O5/c1-18-5-3-2-4-12-10(17)13-7(9(15)16)6-8(11)14/h7H,2-6H2,1H3,(H2,11,14)(H,15,16)(H2,12,13,17)/t7-/m1/s1. The fourth-order valence-electron chi connectivity index (χ4n) is 1.18. The quantitative estimate of drug-likeness (QED) is 0.397. The smallest absolute Gasteiger partial charge is 0.326 e. The maximum atomic E-state index is 11.3. The van der Waals surface area contributed by atoms with Crippen molar-refractivity contribution in [2.75, 3.05) is 20.3 Å². The molecule has 0 radical (unpaired) electrons. The molecule has 5 N–H and O–H groups in total. The van der Waals surface area contributed by atoms with E-state index in [-0.39, 0.29) is 0 Å². The van der Waals surface area contributed by atoms with Crippen LogP contribution in [0.1, 0.15) is 19.3 Å². The molecule has 18 heavy (non-hydrogen) atoms. The summed E-state index contributed by atoms with van der Waals surface area (Å²) in [5.41, 5.74) is 4.87. The third-order valence-electron chi connectivity index (χ3n) is 2.07. The zero-order valence-electron chi connectivity index (χ0n) is 10.3. The van der Waals surface area contributed by atoms with E-state index < -0.39 is 30.4 Å². The van der Waals surface area contributed by atoms with Gasteiger partial charge in [-0.05, 0) is 12.8 Å². The van der Waals surface area contributed by atoms with Crippen molar-refractivity contribution in [1.29, 1.82) is 0 Å². The van der Waals surface area contributed by atoms with E-state index in [2.05, 4.69) is 10.6 Å². The number of methoxy groups -OCH3 is 1. The molecule has 0 aliphatic rings. The zero-order valence-corrected chi connectivity index (χ0v) is 10.3. The van der Waals surface area contributed by atoms with E-state index in [9.17, 15) is 14.4 Å². The average Bonchev–Trinajstić information content (AvgIpc) is 2.27. The van der Waals surface area contributed by atoms with Crippen molar-refractivity contribution in [3.8, 4) is 0 Å². The highest BCUT2D eigenvalue weighted by molar-refractivity contribution is 5.87. The van der Waals surface area contributed by atoms with Crippen molar-refractivity contribution >= 4 is 17.9 Å². The number of hydrogen-bond donors (Lipinski definition) is 4. The van der Waals surface area contributed by atoms with Crippen molar-refractivity contribution in [3.63, 3.8) is 0 Å². The minimum atomic E-state index is -1.30. The van der Waals surface area contributed by atoms with Gasteiger partial charge in [0, 0.05) is 20.3 Å².